The molecule has 1 aromatic heterocycles. The van der Waals surface area contributed by atoms with Crippen LogP contribution < -0.4 is 5.32 Å². The van der Waals surface area contributed by atoms with Crippen LogP contribution in [0.1, 0.15) is 24.5 Å². The molecular formula is C14H23N3O3S. The van der Waals surface area contributed by atoms with Gasteiger partial charge in [-0.2, -0.15) is 0 Å². The third-order valence-electron chi connectivity index (χ3n) is 3.65. The first-order valence-electron chi connectivity index (χ1n) is 7.15. The van der Waals surface area contributed by atoms with Gasteiger partial charge in [-0.1, -0.05) is 6.07 Å². The average Bonchev–Trinajstić information content (AvgIpc) is 2.47. The van der Waals surface area contributed by atoms with Crippen molar-refractivity contribution in [2.45, 2.75) is 18.8 Å². The van der Waals surface area contributed by atoms with E-state index in [0.717, 1.165) is 24.4 Å². The lowest BCUT2D eigenvalue weighted by Crippen LogP contribution is -2.38. The molecule has 2 heterocycles. The van der Waals surface area contributed by atoms with Crippen LogP contribution in [0.3, 0.4) is 0 Å². The number of anilines is 1. The first-order valence-corrected chi connectivity index (χ1v) is 9.00. The lowest BCUT2D eigenvalue weighted by molar-refractivity contribution is 0.210. The Kier molecular flexibility index (Phi) is 5.55. The Morgan fingerprint density at radius 3 is 3.00 bits per heavy atom. The van der Waals surface area contributed by atoms with E-state index in [1.54, 1.807) is 11.4 Å². The maximum absolute atomic E-state index is 11.7. The molecule has 118 valence electrons. The number of aromatic nitrogens is 1. The fourth-order valence-corrected chi connectivity index (χ4v) is 3.45. The number of ether oxygens (including phenoxy) is 1. The Morgan fingerprint density at radius 2 is 2.29 bits per heavy atom. The molecule has 1 aliphatic rings. The molecule has 0 unspecified atom stereocenters. The fraction of sp³-hybridized carbons (Fsp3) is 0.643. The number of rotatable bonds is 6. The summed E-state index contributed by atoms with van der Waals surface area (Å²) in [4.78, 5) is 4.60. The molecule has 0 spiro atoms. The molecule has 0 aliphatic carbocycles. The normalized spacial score (nSPS) is 20.4. The van der Waals surface area contributed by atoms with Gasteiger partial charge in [0.15, 0.2) is 0 Å². The van der Waals surface area contributed by atoms with Crippen molar-refractivity contribution in [3.63, 3.8) is 0 Å². The highest BCUT2D eigenvalue weighted by Crippen LogP contribution is 2.27. The molecule has 0 aromatic carbocycles. The summed E-state index contributed by atoms with van der Waals surface area (Å²) in [7, 11) is -1.46. The predicted molar refractivity (Wildman–Crippen MR) is 83.0 cm³/mol. The molecule has 21 heavy (non-hydrogen) atoms. The van der Waals surface area contributed by atoms with Gasteiger partial charge in [0.25, 0.3) is 0 Å². The minimum Gasteiger partial charge on any atom is -0.383 e. The quantitative estimate of drug-likeness (QED) is 0.801. The molecule has 7 heteroatoms. The highest BCUT2D eigenvalue weighted by atomic mass is 32.2. The summed E-state index contributed by atoms with van der Waals surface area (Å²) in [5.74, 6) is 0.971. The van der Waals surface area contributed by atoms with Gasteiger partial charge in [-0.05, 0) is 25.0 Å². The Hall–Kier alpha value is -1.18. The average molecular weight is 313 g/mol. The Morgan fingerprint density at radius 1 is 1.48 bits per heavy atom. The zero-order valence-corrected chi connectivity index (χ0v) is 13.4. The van der Waals surface area contributed by atoms with Gasteiger partial charge in [0.1, 0.15) is 5.82 Å². The number of methoxy groups -OCH3 is 1. The molecule has 2 rings (SSSR count). The number of nitrogens with one attached hydrogen (secondary N) is 1. The highest BCUT2D eigenvalue weighted by Gasteiger charge is 2.27. The minimum atomic E-state index is -3.12. The van der Waals surface area contributed by atoms with E-state index in [0.29, 0.717) is 26.2 Å². The predicted octanol–water partition coefficient (Wildman–Crippen LogP) is 1.28. The van der Waals surface area contributed by atoms with E-state index in [4.69, 9.17) is 4.74 Å². The molecule has 1 fully saturated rings. The molecule has 0 radical (unpaired) electrons. The number of sulfonamides is 1. The number of hydrogen-bond donors (Lipinski definition) is 1. The van der Waals surface area contributed by atoms with Crippen molar-refractivity contribution in [3.8, 4) is 0 Å². The summed E-state index contributed by atoms with van der Waals surface area (Å²) >= 11 is 0. The Bertz CT molecular complexity index is 562. The first kappa shape index (κ1) is 16.2. The number of piperidine rings is 1. The van der Waals surface area contributed by atoms with Gasteiger partial charge in [0.2, 0.25) is 10.0 Å². The van der Waals surface area contributed by atoms with Crippen molar-refractivity contribution >= 4 is 15.8 Å². The van der Waals surface area contributed by atoms with Crippen LogP contribution in [0.15, 0.2) is 18.2 Å². The summed E-state index contributed by atoms with van der Waals surface area (Å²) in [6.45, 7) is 2.46. The number of nitrogens with zero attached hydrogens (tertiary/aromatic N) is 2. The summed E-state index contributed by atoms with van der Waals surface area (Å²) < 4.78 is 29.9. The summed E-state index contributed by atoms with van der Waals surface area (Å²) in [5.41, 5.74) is 0.950. The van der Waals surface area contributed by atoms with Crippen LogP contribution in [0.5, 0.6) is 0 Å². The molecule has 0 bridgehead atoms. The van der Waals surface area contributed by atoms with Crippen LogP contribution in [0, 0.1) is 0 Å². The molecule has 1 atom stereocenters. The van der Waals surface area contributed by atoms with Crippen LogP contribution in [0.4, 0.5) is 5.82 Å². The molecule has 6 nitrogen and oxygen atoms in total. The number of hydrogen-bond acceptors (Lipinski definition) is 5. The van der Waals surface area contributed by atoms with Gasteiger partial charge < -0.3 is 10.1 Å². The van der Waals surface area contributed by atoms with Crippen molar-refractivity contribution in [1.29, 1.82) is 0 Å². The van der Waals surface area contributed by atoms with Crippen molar-refractivity contribution < 1.29 is 13.2 Å². The SMILES string of the molecule is COCCNc1cccc([C@@H]2CCCN(S(C)(=O)=O)C2)n1. The van der Waals surface area contributed by atoms with Crippen LogP contribution in [0.2, 0.25) is 0 Å². The fourth-order valence-electron chi connectivity index (χ4n) is 2.54. The van der Waals surface area contributed by atoms with Crippen molar-refractivity contribution in [2.75, 3.05) is 44.9 Å². The standard InChI is InChI=1S/C14H23N3O3S/c1-20-10-8-15-14-7-3-6-13(16-14)12-5-4-9-17(11-12)21(2,18)19/h3,6-7,12H,4-5,8-11H2,1-2H3,(H,15,16)/t12-/m1/s1. The van der Waals surface area contributed by atoms with Gasteiger partial charge in [-0.15, -0.1) is 0 Å². The molecule has 1 saturated heterocycles. The third kappa shape index (κ3) is 4.66. The van der Waals surface area contributed by atoms with E-state index in [9.17, 15) is 8.42 Å². The molecule has 1 aromatic rings. The maximum atomic E-state index is 11.7. The largest absolute Gasteiger partial charge is 0.383 e. The lowest BCUT2D eigenvalue weighted by atomic mass is 9.96. The molecule has 0 amide bonds. The van der Waals surface area contributed by atoms with Crippen LogP contribution in [-0.2, 0) is 14.8 Å². The van der Waals surface area contributed by atoms with Crippen molar-refractivity contribution in [1.82, 2.24) is 9.29 Å². The van der Waals surface area contributed by atoms with E-state index in [1.807, 2.05) is 18.2 Å². The second-order valence-electron chi connectivity index (χ2n) is 5.33. The van der Waals surface area contributed by atoms with Gasteiger partial charge in [-0.25, -0.2) is 17.7 Å². The van der Waals surface area contributed by atoms with Crippen molar-refractivity contribution in [2.24, 2.45) is 0 Å². The topological polar surface area (TPSA) is 71.5 Å². The Balaban J connectivity index is 2.05. The Labute approximate surface area is 126 Å². The molecule has 1 aliphatic heterocycles. The van der Waals surface area contributed by atoms with Gasteiger partial charge in [0.05, 0.1) is 12.9 Å². The van der Waals surface area contributed by atoms with Gasteiger partial charge in [-0.3, -0.25) is 0 Å². The van der Waals surface area contributed by atoms with E-state index in [2.05, 4.69) is 10.3 Å². The van der Waals surface area contributed by atoms with Crippen molar-refractivity contribution in [3.05, 3.63) is 23.9 Å². The van der Waals surface area contributed by atoms with Gasteiger partial charge >= 0.3 is 0 Å². The van der Waals surface area contributed by atoms with Crippen LogP contribution >= 0.6 is 0 Å². The molecular weight excluding hydrogens is 290 g/mol. The number of pyridine rings is 1. The van der Waals surface area contributed by atoms with E-state index in [-0.39, 0.29) is 5.92 Å². The summed E-state index contributed by atoms with van der Waals surface area (Å²) in [6, 6.07) is 5.84. The smallest absolute Gasteiger partial charge is 0.211 e. The lowest BCUT2D eigenvalue weighted by Gasteiger charge is -2.30. The first-order chi connectivity index (χ1) is 10.0. The second-order valence-corrected chi connectivity index (χ2v) is 7.31. The van der Waals surface area contributed by atoms with Crippen LogP contribution in [0.25, 0.3) is 0 Å². The zero-order chi connectivity index (χ0) is 15.3. The van der Waals surface area contributed by atoms with E-state index in [1.165, 1.54) is 6.26 Å². The third-order valence-corrected chi connectivity index (χ3v) is 4.92. The molecule has 0 saturated carbocycles. The maximum Gasteiger partial charge on any atom is 0.211 e. The second kappa shape index (κ2) is 7.20. The molecule has 1 N–H and O–H groups in total. The van der Waals surface area contributed by atoms with E-state index >= 15 is 0 Å². The minimum absolute atomic E-state index is 0.164. The highest BCUT2D eigenvalue weighted by molar-refractivity contribution is 7.88. The summed E-state index contributed by atoms with van der Waals surface area (Å²) in [6.07, 6.45) is 3.12. The zero-order valence-electron chi connectivity index (χ0n) is 12.6. The van der Waals surface area contributed by atoms with Gasteiger partial charge in [0, 0.05) is 38.4 Å². The summed E-state index contributed by atoms with van der Waals surface area (Å²) in [5, 5.41) is 3.20. The van der Waals surface area contributed by atoms with Crippen LogP contribution in [-0.4, -0.2) is 57.3 Å². The monoisotopic (exact) mass is 313 g/mol. The van der Waals surface area contributed by atoms with E-state index < -0.39 is 10.0 Å².